The molecule has 1 aliphatic heterocycles. The van der Waals surface area contributed by atoms with Gasteiger partial charge >= 0.3 is 0 Å². The Bertz CT molecular complexity index is 745. The van der Waals surface area contributed by atoms with Crippen molar-refractivity contribution in [1.29, 1.82) is 0 Å². The van der Waals surface area contributed by atoms with Crippen LogP contribution < -0.4 is 5.32 Å². The average Bonchev–Trinajstić information content (AvgIpc) is 3.10. The summed E-state index contributed by atoms with van der Waals surface area (Å²) in [6.07, 6.45) is 3.13. The second-order valence-electron chi connectivity index (χ2n) is 6.70. The lowest BCUT2D eigenvalue weighted by molar-refractivity contribution is 0.266. The number of guanidine groups is 1. The van der Waals surface area contributed by atoms with Crippen molar-refractivity contribution in [2.45, 2.75) is 33.1 Å². The molecule has 1 fully saturated rings. The van der Waals surface area contributed by atoms with Gasteiger partial charge in [-0.3, -0.25) is 4.99 Å². The predicted octanol–water partition coefficient (Wildman–Crippen LogP) is 3.63. The van der Waals surface area contributed by atoms with E-state index < -0.39 is 0 Å². The summed E-state index contributed by atoms with van der Waals surface area (Å²) in [6, 6.07) is 7.44. The van der Waals surface area contributed by atoms with Crippen molar-refractivity contribution < 1.29 is 4.52 Å². The monoisotopic (exact) mass is 375 g/mol. The van der Waals surface area contributed by atoms with Crippen molar-refractivity contribution in [2.24, 2.45) is 10.9 Å². The van der Waals surface area contributed by atoms with Gasteiger partial charge in [-0.15, -0.1) is 0 Å². The number of likely N-dealkylation sites (tertiary alicyclic amines) is 1. The number of hydrogen-bond donors (Lipinski definition) is 1. The first kappa shape index (κ1) is 18.7. The van der Waals surface area contributed by atoms with Crippen LogP contribution in [0.15, 0.2) is 33.8 Å². The van der Waals surface area contributed by atoms with Gasteiger partial charge in [-0.05, 0) is 37.8 Å². The zero-order valence-corrected chi connectivity index (χ0v) is 16.2. The zero-order valence-electron chi connectivity index (χ0n) is 15.4. The number of rotatable bonds is 5. The van der Waals surface area contributed by atoms with Crippen LogP contribution in [0.25, 0.3) is 11.4 Å². The van der Waals surface area contributed by atoms with Crippen LogP contribution in [0, 0.1) is 5.92 Å². The third kappa shape index (κ3) is 4.97. The van der Waals surface area contributed by atoms with Crippen LogP contribution in [0.3, 0.4) is 0 Å². The van der Waals surface area contributed by atoms with Crippen molar-refractivity contribution in [2.75, 3.05) is 26.2 Å². The van der Waals surface area contributed by atoms with Crippen LogP contribution >= 0.6 is 11.6 Å². The van der Waals surface area contributed by atoms with Gasteiger partial charge in [0.1, 0.15) is 0 Å². The molecule has 0 spiro atoms. The summed E-state index contributed by atoms with van der Waals surface area (Å²) in [4.78, 5) is 11.5. The van der Waals surface area contributed by atoms with Gasteiger partial charge in [0.2, 0.25) is 11.7 Å². The van der Waals surface area contributed by atoms with Crippen LogP contribution in [-0.4, -0.2) is 47.2 Å². The Labute approximate surface area is 159 Å². The molecule has 3 rings (SSSR count). The summed E-state index contributed by atoms with van der Waals surface area (Å²) >= 11 is 6.02. The smallest absolute Gasteiger partial charge is 0.228 e. The molecule has 1 atom stereocenters. The molecule has 1 aromatic carbocycles. The Morgan fingerprint density at radius 1 is 1.46 bits per heavy atom. The van der Waals surface area contributed by atoms with Crippen LogP contribution in [0.5, 0.6) is 0 Å². The molecule has 1 unspecified atom stereocenters. The highest BCUT2D eigenvalue weighted by molar-refractivity contribution is 6.30. The molecule has 0 amide bonds. The summed E-state index contributed by atoms with van der Waals surface area (Å²) in [5.41, 5.74) is 0.853. The molecular formula is C19H26ClN5O. The largest absolute Gasteiger partial charge is 0.357 e. The fourth-order valence-corrected chi connectivity index (χ4v) is 3.36. The van der Waals surface area contributed by atoms with E-state index in [9.17, 15) is 0 Å². The molecule has 140 valence electrons. The molecule has 1 saturated heterocycles. The number of nitrogens with zero attached hydrogens (tertiary/aromatic N) is 4. The number of hydrogen-bond acceptors (Lipinski definition) is 4. The number of aromatic nitrogens is 2. The van der Waals surface area contributed by atoms with Gasteiger partial charge < -0.3 is 14.7 Å². The van der Waals surface area contributed by atoms with Crippen molar-refractivity contribution in [1.82, 2.24) is 20.4 Å². The molecule has 1 aliphatic rings. The van der Waals surface area contributed by atoms with Gasteiger partial charge in [0, 0.05) is 36.6 Å². The highest BCUT2D eigenvalue weighted by Crippen LogP contribution is 2.20. The topological polar surface area (TPSA) is 66.5 Å². The Morgan fingerprint density at radius 3 is 3.12 bits per heavy atom. The van der Waals surface area contributed by atoms with Crippen molar-refractivity contribution >= 4 is 17.6 Å². The molecule has 0 saturated carbocycles. The quantitative estimate of drug-likeness (QED) is 0.638. The Balaban J connectivity index is 1.61. The number of halogens is 1. The van der Waals surface area contributed by atoms with E-state index in [0.717, 1.165) is 31.2 Å². The van der Waals surface area contributed by atoms with Gasteiger partial charge in [0.15, 0.2) is 5.96 Å². The van der Waals surface area contributed by atoms with E-state index in [1.807, 2.05) is 24.3 Å². The maximum Gasteiger partial charge on any atom is 0.228 e. The molecule has 1 N–H and O–H groups in total. The summed E-state index contributed by atoms with van der Waals surface area (Å²) in [5.74, 6) is 2.84. The van der Waals surface area contributed by atoms with Crippen molar-refractivity contribution in [3.8, 4) is 11.4 Å². The normalized spacial score (nSPS) is 18.2. The van der Waals surface area contributed by atoms with Crippen LogP contribution in [-0.2, 0) is 6.42 Å². The second kappa shape index (κ2) is 9.03. The minimum atomic E-state index is 0.559. The molecule has 0 radical (unpaired) electrons. The highest BCUT2D eigenvalue weighted by Gasteiger charge is 2.19. The fraction of sp³-hybridized carbons (Fsp3) is 0.526. The van der Waals surface area contributed by atoms with Gasteiger partial charge in [0.05, 0.1) is 6.54 Å². The number of piperidine rings is 1. The summed E-state index contributed by atoms with van der Waals surface area (Å²) in [5, 5.41) is 8.09. The van der Waals surface area contributed by atoms with E-state index >= 15 is 0 Å². The number of benzene rings is 1. The van der Waals surface area contributed by atoms with Gasteiger partial charge in [-0.1, -0.05) is 35.8 Å². The first-order valence-electron chi connectivity index (χ1n) is 9.27. The Hall–Kier alpha value is -2.08. The number of nitrogens with one attached hydrogen (secondary N) is 1. The first-order valence-corrected chi connectivity index (χ1v) is 9.65. The fourth-order valence-electron chi connectivity index (χ4n) is 3.17. The van der Waals surface area contributed by atoms with Crippen molar-refractivity contribution in [3.63, 3.8) is 0 Å². The first-order chi connectivity index (χ1) is 12.7. The lowest BCUT2D eigenvalue weighted by atomic mass is 10.0. The van der Waals surface area contributed by atoms with E-state index in [4.69, 9.17) is 21.1 Å². The second-order valence-corrected chi connectivity index (χ2v) is 7.14. The molecule has 26 heavy (non-hydrogen) atoms. The summed E-state index contributed by atoms with van der Waals surface area (Å²) in [6.45, 7) is 8.00. The summed E-state index contributed by atoms with van der Waals surface area (Å²) in [7, 11) is 0. The van der Waals surface area contributed by atoms with Gasteiger partial charge in [-0.25, -0.2) is 0 Å². The molecule has 2 aromatic rings. The van der Waals surface area contributed by atoms with E-state index in [2.05, 4.69) is 34.2 Å². The van der Waals surface area contributed by atoms with E-state index in [-0.39, 0.29) is 0 Å². The van der Waals surface area contributed by atoms with Crippen LogP contribution in [0.1, 0.15) is 32.6 Å². The molecule has 6 nitrogen and oxygen atoms in total. The van der Waals surface area contributed by atoms with Crippen LogP contribution in [0.4, 0.5) is 0 Å². The molecule has 7 heteroatoms. The van der Waals surface area contributed by atoms with Crippen molar-refractivity contribution in [3.05, 3.63) is 35.2 Å². The van der Waals surface area contributed by atoms with Gasteiger partial charge in [0.25, 0.3) is 0 Å². The third-order valence-corrected chi connectivity index (χ3v) is 4.66. The zero-order chi connectivity index (χ0) is 18.4. The van der Waals surface area contributed by atoms with Crippen LogP contribution in [0.2, 0.25) is 5.02 Å². The Kier molecular flexibility index (Phi) is 6.50. The lowest BCUT2D eigenvalue weighted by Gasteiger charge is -2.33. The maximum atomic E-state index is 6.02. The number of aliphatic imine (C=N–C) groups is 1. The van der Waals surface area contributed by atoms with E-state index in [0.29, 0.717) is 35.6 Å². The van der Waals surface area contributed by atoms with E-state index in [1.165, 1.54) is 12.8 Å². The molecule has 0 bridgehead atoms. The molecule has 2 heterocycles. The lowest BCUT2D eigenvalue weighted by Crippen LogP contribution is -2.46. The SMILES string of the molecule is CCNC(=NCCc1nc(-c2cccc(Cl)c2)no1)N1CCCC(C)C1. The summed E-state index contributed by atoms with van der Waals surface area (Å²) < 4.78 is 5.36. The standard InChI is InChI=1S/C19H26ClN5O/c1-3-21-19(25-11-5-6-14(2)13-25)22-10-9-17-23-18(24-26-17)15-7-4-8-16(20)12-15/h4,7-8,12,14H,3,5-6,9-11,13H2,1-2H3,(H,21,22). The van der Waals surface area contributed by atoms with E-state index in [1.54, 1.807) is 0 Å². The maximum absolute atomic E-state index is 6.02. The molecular weight excluding hydrogens is 350 g/mol. The minimum absolute atomic E-state index is 0.559. The third-order valence-electron chi connectivity index (χ3n) is 4.43. The minimum Gasteiger partial charge on any atom is -0.357 e. The Morgan fingerprint density at radius 2 is 2.35 bits per heavy atom. The highest BCUT2D eigenvalue weighted by atomic mass is 35.5. The average molecular weight is 376 g/mol. The molecule has 0 aliphatic carbocycles. The van der Waals surface area contributed by atoms with Gasteiger partial charge in [-0.2, -0.15) is 4.98 Å². The predicted molar refractivity (Wildman–Crippen MR) is 104 cm³/mol. The molecule has 1 aromatic heterocycles.